The van der Waals surface area contributed by atoms with Crippen LogP contribution in [0.3, 0.4) is 0 Å². The summed E-state index contributed by atoms with van der Waals surface area (Å²) in [4.78, 5) is 66.2. The van der Waals surface area contributed by atoms with Gasteiger partial charge in [0.1, 0.15) is 18.6 Å². The molecule has 178 valence electrons. The Morgan fingerprint density at radius 3 is 2.28 bits per heavy atom. The molecule has 13 nitrogen and oxygen atoms in total. The van der Waals surface area contributed by atoms with E-state index in [9.17, 15) is 24.0 Å². The largest absolute Gasteiger partial charge is 0.480 e. The van der Waals surface area contributed by atoms with Crippen molar-refractivity contribution in [2.24, 2.45) is 17.4 Å². The summed E-state index contributed by atoms with van der Waals surface area (Å²) >= 11 is 0. The number of nitrogens with two attached hydrogens (primary N) is 2. The number of carbonyl (C=O) groups is 5. The van der Waals surface area contributed by atoms with Crippen molar-refractivity contribution in [3.63, 3.8) is 0 Å². The van der Waals surface area contributed by atoms with Crippen molar-refractivity contribution < 1.29 is 29.1 Å². The summed E-state index contributed by atoms with van der Waals surface area (Å²) in [7, 11) is 0. The molecule has 1 aromatic rings. The van der Waals surface area contributed by atoms with Crippen LogP contribution in [0.25, 0.3) is 0 Å². The van der Waals surface area contributed by atoms with E-state index in [-0.39, 0.29) is 31.6 Å². The number of hydrogen-bond acceptors (Lipinski definition) is 7. The summed E-state index contributed by atoms with van der Waals surface area (Å²) in [5, 5.41) is 16.0. The van der Waals surface area contributed by atoms with Crippen molar-refractivity contribution in [3.05, 3.63) is 18.2 Å². The number of nitrogens with one attached hydrogen (secondary N) is 4. The summed E-state index contributed by atoms with van der Waals surface area (Å²) < 4.78 is 0. The highest BCUT2D eigenvalue weighted by Gasteiger charge is 2.29. The number of imidazole rings is 1. The van der Waals surface area contributed by atoms with Gasteiger partial charge in [0, 0.05) is 24.7 Å². The van der Waals surface area contributed by atoms with Crippen LogP contribution < -0.4 is 27.4 Å². The van der Waals surface area contributed by atoms with Crippen molar-refractivity contribution in [2.45, 2.75) is 57.7 Å². The van der Waals surface area contributed by atoms with Crippen LogP contribution in [-0.2, 0) is 30.4 Å². The van der Waals surface area contributed by atoms with Crippen LogP contribution in [-0.4, -0.2) is 69.3 Å². The molecule has 3 unspecified atom stereocenters. The van der Waals surface area contributed by atoms with E-state index in [4.69, 9.17) is 16.6 Å². The molecule has 9 N–H and O–H groups in total. The minimum absolute atomic E-state index is 0.00244. The second-order valence-corrected chi connectivity index (χ2v) is 7.76. The second-order valence-electron chi connectivity index (χ2n) is 7.76. The minimum Gasteiger partial charge on any atom is -0.480 e. The molecule has 1 heterocycles. The molecule has 0 saturated carbocycles. The highest BCUT2D eigenvalue weighted by molar-refractivity contribution is 5.94. The van der Waals surface area contributed by atoms with Gasteiger partial charge in [-0.25, -0.2) is 4.98 Å². The molecular formula is C19H31N7O6. The Kier molecular flexibility index (Phi) is 10.8. The normalized spacial score (nSPS) is 13.6. The molecule has 0 aliphatic heterocycles. The summed E-state index contributed by atoms with van der Waals surface area (Å²) in [6.45, 7) is 3.04. The van der Waals surface area contributed by atoms with E-state index in [0.717, 1.165) is 0 Å². The summed E-state index contributed by atoms with van der Waals surface area (Å²) in [5.74, 6) is -3.94. The zero-order valence-corrected chi connectivity index (χ0v) is 18.1. The third-order valence-corrected chi connectivity index (χ3v) is 4.40. The molecule has 3 atom stereocenters. The van der Waals surface area contributed by atoms with Crippen LogP contribution in [0, 0.1) is 5.92 Å². The molecule has 0 aromatic carbocycles. The fraction of sp³-hybridized carbons (Fsp3) is 0.579. The van der Waals surface area contributed by atoms with Crippen molar-refractivity contribution in [1.82, 2.24) is 25.9 Å². The molecule has 4 amide bonds. The smallest absolute Gasteiger partial charge is 0.322 e. The third-order valence-electron chi connectivity index (χ3n) is 4.40. The number of aliphatic carboxylic acids is 1. The number of carbonyl (C=O) groups excluding carboxylic acids is 4. The standard InChI is InChI=1S/C19H31N7O6/c1-10(2)5-14(18(31)23-8-16(28)29)26-19(32)13(3-4-15(21)27)25-17(30)12(20)6-11-7-22-9-24-11/h7,9-10,12-14H,3-6,8,20H2,1-2H3,(H2,21,27)(H,22,24)(H,23,31)(H,25,30)(H,26,32)(H,28,29). The zero-order chi connectivity index (χ0) is 24.3. The molecule has 0 fully saturated rings. The van der Waals surface area contributed by atoms with Gasteiger partial charge in [-0.2, -0.15) is 0 Å². The number of nitrogens with zero attached hydrogens (tertiary/aromatic N) is 1. The van der Waals surface area contributed by atoms with Gasteiger partial charge in [-0.05, 0) is 18.8 Å². The third kappa shape index (κ3) is 10.0. The highest BCUT2D eigenvalue weighted by atomic mass is 16.4. The number of carboxylic acid groups (broad SMARTS) is 1. The molecule has 0 aliphatic rings. The number of hydrogen-bond donors (Lipinski definition) is 7. The van der Waals surface area contributed by atoms with Crippen LogP contribution in [0.1, 0.15) is 38.8 Å². The number of amides is 4. The van der Waals surface area contributed by atoms with Gasteiger partial charge in [-0.1, -0.05) is 13.8 Å². The zero-order valence-electron chi connectivity index (χ0n) is 18.1. The van der Waals surface area contributed by atoms with Crippen LogP contribution in [0.4, 0.5) is 0 Å². The molecular weight excluding hydrogens is 422 g/mol. The molecule has 0 saturated heterocycles. The lowest BCUT2D eigenvalue weighted by Crippen LogP contribution is -2.56. The average molecular weight is 454 g/mol. The van der Waals surface area contributed by atoms with Gasteiger partial charge in [0.05, 0.1) is 12.4 Å². The van der Waals surface area contributed by atoms with Crippen molar-refractivity contribution >= 4 is 29.6 Å². The van der Waals surface area contributed by atoms with Crippen molar-refractivity contribution in [3.8, 4) is 0 Å². The van der Waals surface area contributed by atoms with Gasteiger partial charge in [-0.3, -0.25) is 24.0 Å². The first-order valence-electron chi connectivity index (χ1n) is 10.1. The monoisotopic (exact) mass is 453 g/mol. The van der Waals surface area contributed by atoms with Crippen molar-refractivity contribution in [2.75, 3.05) is 6.54 Å². The number of primary amides is 1. The van der Waals surface area contributed by atoms with Crippen LogP contribution in [0.15, 0.2) is 12.5 Å². The minimum atomic E-state index is -1.23. The number of H-pyrrole nitrogens is 1. The van der Waals surface area contributed by atoms with E-state index < -0.39 is 54.3 Å². The summed E-state index contributed by atoms with van der Waals surface area (Å²) in [5.41, 5.74) is 11.7. The molecule has 13 heteroatoms. The Balaban J connectivity index is 2.87. The molecule has 1 aromatic heterocycles. The SMILES string of the molecule is CC(C)CC(NC(=O)C(CCC(N)=O)NC(=O)C(N)Cc1cnc[nH]1)C(=O)NCC(=O)O. The first-order chi connectivity index (χ1) is 15.0. The second kappa shape index (κ2) is 13.0. The van der Waals surface area contributed by atoms with E-state index in [1.807, 2.05) is 13.8 Å². The van der Waals surface area contributed by atoms with E-state index in [1.54, 1.807) is 0 Å². The quantitative estimate of drug-likeness (QED) is 0.163. The Morgan fingerprint density at radius 1 is 1.09 bits per heavy atom. The van der Waals surface area contributed by atoms with Crippen LogP contribution in [0.5, 0.6) is 0 Å². The maximum absolute atomic E-state index is 12.8. The lowest BCUT2D eigenvalue weighted by atomic mass is 10.0. The predicted octanol–water partition coefficient (Wildman–Crippen LogP) is -2.24. The maximum Gasteiger partial charge on any atom is 0.322 e. The topological polar surface area (TPSA) is 222 Å². The van der Waals surface area contributed by atoms with Crippen LogP contribution >= 0.6 is 0 Å². The molecule has 0 radical (unpaired) electrons. The summed E-state index contributed by atoms with van der Waals surface area (Å²) in [6, 6.07) is -3.21. The van der Waals surface area contributed by atoms with Gasteiger partial charge in [-0.15, -0.1) is 0 Å². The fourth-order valence-corrected chi connectivity index (χ4v) is 2.82. The van der Waals surface area contributed by atoms with Crippen molar-refractivity contribution in [1.29, 1.82) is 0 Å². The van der Waals surface area contributed by atoms with E-state index in [2.05, 4.69) is 25.9 Å². The molecule has 0 bridgehead atoms. The van der Waals surface area contributed by atoms with Gasteiger partial charge >= 0.3 is 5.97 Å². The van der Waals surface area contributed by atoms with Gasteiger partial charge in [0.2, 0.25) is 23.6 Å². The van der Waals surface area contributed by atoms with Crippen LogP contribution in [0.2, 0.25) is 0 Å². The lowest BCUT2D eigenvalue weighted by molar-refractivity contribution is -0.138. The van der Waals surface area contributed by atoms with Gasteiger partial charge < -0.3 is 37.5 Å². The number of aromatic amines is 1. The molecule has 0 spiro atoms. The maximum atomic E-state index is 12.8. The first-order valence-corrected chi connectivity index (χ1v) is 10.1. The molecule has 1 rings (SSSR count). The molecule has 0 aliphatic carbocycles. The Hall–Kier alpha value is -3.48. The van der Waals surface area contributed by atoms with E-state index >= 15 is 0 Å². The predicted molar refractivity (Wildman–Crippen MR) is 113 cm³/mol. The number of rotatable bonds is 14. The lowest BCUT2D eigenvalue weighted by Gasteiger charge is -2.24. The van der Waals surface area contributed by atoms with E-state index in [0.29, 0.717) is 5.69 Å². The number of carboxylic acids is 1. The fourth-order valence-electron chi connectivity index (χ4n) is 2.82. The molecule has 32 heavy (non-hydrogen) atoms. The Bertz CT molecular complexity index is 796. The van der Waals surface area contributed by atoms with Gasteiger partial charge in [0.15, 0.2) is 0 Å². The van der Waals surface area contributed by atoms with E-state index in [1.165, 1.54) is 12.5 Å². The first kappa shape index (κ1) is 26.6. The Morgan fingerprint density at radius 2 is 1.75 bits per heavy atom. The number of aromatic nitrogens is 2. The Labute approximate surface area is 185 Å². The highest BCUT2D eigenvalue weighted by Crippen LogP contribution is 2.07. The average Bonchev–Trinajstić information content (AvgIpc) is 3.20. The summed E-state index contributed by atoms with van der Waals surface area (Å²) in [6.07, 6.45) is 3.03. The van der Waals surface area contributed by atoms with Gasteiger partial charge in [0.25, 0.3) is 0 Å².